The number of nitrogens with zero attached hydrogens (tertiary/aromatic N) is 2. The van der Waals surface area contributed by atoms with Crippen LogP contribution in [0.25, 0.3) is 33.4 Å². The number of nitrogens with two attached hydrogens (primary N) is 1. The summed E-state index contributed by atoms with van der Waals surface area (Å²) in [6.45, 7) is 2.17. The largest absolute Gasteiger partial charge is 0.493 e. The number of hydrogen-bond donors (Lipinski definition) is 2. The molecule has 49 heavy (non-hydrogen) atoms. The van der Waals surface area contributed by atoms with E-state index in [-0.39, 0.29) is 11.0 Å². The topological polar surface area (TPSA) is 118 Å². The lowest BCUT2D eigenvalue weighted by atomic mass is 9.99. The van der Waals surface area contributed by atoms with Crippen molar-refractivity contribution in [2.24, 2.45) is 5.92 Å². The van der Waals surface area contributed by atoms with Crippen molar-refractivity contribution in [1.29, 1.82) is 0 Å². The molecule has 0 unspecified atom stereocenters. The lowest BCUT2D eigenvalue weighted by Gasteiger charge is -2.23. The van der Waals surface area contributed by atoms with Gasteiger partial charge in [0.1, 0.15) is 11.4 Å². The molecule has 1 aliphatic carbocycles. The van der Waals surface area contributed by atoms with Crippen molar-refractivity contribution < 1.29 is 19.0 Å². The van der Waals surface area contributed by atoms with Gasteiger partial charge in [-0.25, -0.2) is 4.98 Å². The maximum atomic E-state index is 13.8. The average Bonchev–Trinajstić information content (AvgIpc) is 3.99. The van der Waals surface area contributed by atoms with Gasteiger partial charge in [-0.15, -0.1) is 0 Å². The van der Waals surface area contributed by atoms with E-state index in [1.165, 1.54) is 18.4 Å². The quantitative estimate of drug-likeness (QED) is 0.161. The second-order valence-corrected chi connectivity index (χ2v) is 12.8. The van der Waals surface area contributed by atoms with Crippen LogP contribution in [0.1, 0.15) is 47.5 Å². The van der Waals surface area contributed by atoms with Gasteiger partial charge in [-0.3, -0.25) is 9.59 Å². The van der Waals surface area contributed by atoms with Crippen molar-refractivity contribution in [3.8, 4) is 44.9 Å². The predicted octanol–water partition coefficient (Wildman–Crippen LogP) is 7.40. The highest BCUT2D eigenvalue weighted by Crippen LogP contribution is 2.40. The van der Waals surface area contributed by atoms with Crippen molar-refractivity contribution in [2.45, 2.75) is 38.1 Å². The Hall–Kier alpha value is -5.41. The molecule has 0 bridgehead atoms. The number of ether oxygens (including phenoxy) is 3. The number of pyridine rings is 2. The predicted molar refractivity (Wildman–Crippen MR) is 192 cm³/mol. The fraction of sp³-hybridized carbons (Fsp3) is 0.275. The zero-order valence-corrected chi connectivity index (χ0v) is 27.8. The number of nitrogens with one attached hydrogen (secondary N) is 1. The molecule has 5 aromatic rings. The first kappa shape index (κ1) is 32.2. The fourth-order valence-corrected chi connectivity index (χ4v) is 6.49. The second kappa shape index (κ2) is 14.0. The Kier molecular flexibility index (Phi) is 9.17. The minimum absolute atomic E-state index is 0.107. The Labute approximate surface area is 285 Å². The Bertz CT molecular complexity index is 2030. The number of anilines is 2. The summed E-state index contributed by atoms with van der Waals surface area (Å²) in [5.74, 6) is 2.22. The number of methoxy groups -OCH3 is 2. The van der Waals surface area contributed by atoms with Gasteiger partial charge in [-0.1, -0.05) is 42.5 Å². The van der Waals surface area contributed by atoms with Crippen LogP contribution in [-0.2, 0) is 11.3 Å². The van der Waals surface area contributed by atoms with Crippen LogP contribution in [0, 0.1) is 5.92 Å². The summed E-state index contributed by atoms with van der Waals surface area (Å²) in [4.78, 5) is 32.0. The zero-order valence-electron chi connectivity index (χ0n) is 27.8. The minimum atomic E-state index is -0.452. The van der Waals surface area contributed by atoms with Crippen LogP contribution in [0.2, 0.25) is 0 Å². The summed E-state index contributed by atoms with van der Waals surface area (Å²) in [5.41, 5.74) is 12.7. The van der Waals surface area contributed by atoms with Gasteiger partial charge in [0, 0.05) is 60.7 Å². The number of nitrogen functional groups attached to an aromatic ring is 1. The molecule has 1 saturated heterocycles. The van der Waals surface area contributed by atoms with Crippen molar-refractivity contribution in [3.63, 3.8) is 0 Å². The molecular formula is C40H40N4O5. The van der Waals surface area contributed by atoms with Gasteiger partial charge in [0.2, 0.25) is 5.43 Å². The third kappa shape index (κ3) is 7.07. The summed E-state index contributed by atoms with van der Waals surface area (Å²) >= 11 is 0. The highest BCUT2D eigenvalue weighted by molar-refractivity contribution is 6.04. The normalized spacial score (nSPS) is 14.7. The first-order valence-electron chi connectivity index (χ1n) is 16.7. The fourth-order valence-electron chi connectivity index (χ4n) is 6.49. The van der Waals surface area contributed by atoms with E-state index in [4.69, 9.17) is 19.9 Å². The van der Waals surface area contributed by atoms with E-state index >= 15 is 0 Å². The molecule has 0 atom stereocenters. The molecule has 2 aliphatic rings. The SMILES string of the molecule is COc1ccc(-c2cnc(N)c(-c3ccc(NC(=O)c4cn(CC5CCOCC5)cc(-c5ccc(C6CC6)cc5)c4=O)cc3)c2)cc1OC. The van der Waals surface area contributed by atoms with Crippen molar-refractivity contribution in [3.05, 3.63) is 113 Å². The molecule has 1 saturated carbocycles. The van der Waals surface area contributed by atoms with E-state index in [0.717, 1.165) is 53.9 Å². The zero-order chi connectivity index (χ0) is 33.9. The highest BCUT2D eigenvalue weighted by Gasteiger charge is 2.24. The summed E-state index contributed by atoms with van der Waals surface area (Å²) < 4.78 is 18.4. The third-order valence-corrected chi connectivity index (χ3v) is 9.49. The molecule has 2 fully saturated rings. The first-order valence-corrected chi connectivity index (χ1v) is 16.7. The molecule has 3 aromatic carbocycles. The molecule has 3 heterocycles. The summed E-state index contributed by atoms with van der Waals surface area (Å²) in [7, 11) is 3.20. The van der Waals surface area contributed by atoms with E-state index in [9.17, 15) is 9.59 Å². The molecule has 0 spiro atoms. The number of hydrogen-bond acceptors (Lipinski definition) is 7. The molecule has 0 radical (unpaired) electrons. The monoisotopic (exact) mass is 656 g/mol. The van der Waals surface area contributed by atoms with E-state index in [0.29, 0.717) is 46.9 Å². The van der Waals surface area contributed by atoms with Crippen molar-refractivity contribution in [1.82, 2.24) is 9.55 Å². The standard InChI is InChI=1S/C40H40N4O5/c1-47-36-14-11-30(20-37(36)48-2)31-19-33(39(41)42-21-31)28-9-12-32(13-10-28)43-40(46)35-24-44(22-25-15-17-49-18-16-25)23-34(38(35)45)29-7-5-27(6-8-29)26-3-4-26/h5-14,19-21,23-26H,3-4,15-18,22H2,1-2H3,(H2,41,42)(H,43,46). The number of carbonyl (C=O) groups excluding carboxylic acids is 1. The molecular weight excluding hydrogens is 616 g/mol. The molecule has 250 valence electrons. The molecule has 9 heteroatoms. The van der Waals surface area contributed by atoms with Gasteiger partial charge in [-0.05, 0) is 90.1 Å². The van der Waals surface area contributed by atoms with Crippen LogP contribution in [0.5, 0.6) is 11.5 Å². The maximum Gasteiger partial charge on any atom is 0.261 e. The van der Waals surface area contributed by atoms with E-state index in [1.54, 1.807) is 38.7 Å². The maximum absolute atomic E-state index is 13.8. The first-order chi connectivity index (χ1) is 23.9. The van der Waals surface area contributed by atoms with Crippen LogP contribution in [0.15, 0.2) is 96.2 Å². The van der Waals surface area contributed by atoms with E-state index in [2.05, 4.69) is 22.4 Å². The minimum Gasteiger partial charge on any atom is -0.493 e. The lowest BCUT2D eigenvalue weighted by Crippen LogP contribution is -2.26. The van der Waals surface area contributed by atoms with Crippen LogP contribution in [0.4, 0.5) is 11.5 Å². The highest BCUT2D eigenvalue weighted by atomic mass is 16.5. The molecule has 7 rings (SSSR count). The molecule has 9 nitrogen and oxygen atoms in total. The van der Waals surface area contributed by atoms with Gasteiger partial charge < -0.3 is 29.8 Å². The molecule has 2 aromatic heterocycles. The number of rotatable bonds is 10. The molecule has 1 aliphatic heterocycles. The summed E-state index contributed by atoms with van der Waals surface area (Å²) in [6, 6.07) is 23.2. The van der Waals surface area contributed by atoms with Crippen molar-refractivity contribution in [2.75, 3.05) is 38.5 Å². The van der Waals surface area contributed by atoms with E-state index < -0.39 is 5.91 Å². The number of benzene rings is 3. The van der Waals surface area contributed by atoms with Crippen LogP contribution in [-0.4, -0.2) is 42.9 Å². The van der Waals surface area contributed by atoms with Gasteiger partial charge in [0.15, 0.2) is 11.5 Å². The Balaban J connectivity index is 1.14. The Morgan fingerprint density at radius 3 is 2.20 bits per heavy atom. The Morgan fingerprint density at radius 1 is 0.837 bits per heavy atom. The van der Waals surface area contributed by atoms with Crippen LogP contribution < -0.4 is 26.0 Å². The van der Waals surface area contributed by atoms with Gasteiger partial charge >= 0.3 is 0 Å². The van der Waals surface area contributed by atoms with Crippen molar-refractivity contribution >= 4 is 17.4 Å². The number of aromatic nitrogens is 2. The second-order valence-electron chi connectivity index (χ2n) is 12.8. The van der Waals surface area contributed by atoms with Crippen LogP contribution in [0.3, 0.4) is 0 Å². The number of carbonyl (C=O) groups is 1. The lowest BCUT2D eigenvalue weighted by molar-refractivity contribution is 0.0612. The average molecular weight is 657 g/mol. The number of amides is 1. The molecule has 1 amide bonds. The van der Waals surface area contributed by atoms with Crippen LogP contribution >= 0.6 is 0 Å². The summed E-state index contributed by atoms with van der Waals surface area (Å²) in [6.07, 6.45) is 9.62. The van der Waals surface area contributed by atoms with Gasteiger partial charge in [0.25, 0.3) is 5.91 Å². The molecule has 3 N–H and O–H groups in total. The van der Waals surface area contributed by atoms with Gasteiger partial charge in [0.05, 0.1) is 14.2 Å². The smallest absolute Gasteiger partial charge is 0.261 e. The third-order valence-electron chi connectivity index (χ3n) is 9.49. The summed E-state index contributed by atoms with van der Waals surface area (Å²) in [5, 5.41) is 2.95. The van der Waals surface area contributed by atoms with E-state index in [1.807, 2.05) is 59.3 Å². The van der Waals surface area contributed by atoms with Gasteiger partial charge in [-0.2, -0.15) is 0 Å². The Morgan fingerprint density at radius 2 is 1.51 bits per heavy atom.